The van der Waals surface area contributed by atoms with E-state index in [0.29, 0.717) is 6.61 Å². The fourth-order valence-electron chi connectivity index (χ4n) is 2.27. The molecule has 0 heterocycles. The number of nitrogens with one attached hydrogen (secondary N) is 1. The van der Waals surface area contributed by atoms with Crippen molar-refractivity contribution in [2.45, 2.75) is 65.5 Å². The van der Waals surface area contributed by atoms with E-state index in [-0.39, 0.29) is 6.42 Å². The highest BCUT2D eigenvalue weighted by molar-refractivity contribution is 5.81. The number of esters is 1. The predicted molar refractivity (Wildman–Crippen MR) is 100 cm³/mol. The first-order chi connectivity index (χ1) is 12.2. The number of carbonyl (C=O) groups excluding carboxylic acids is 2. The molecule has 1 aromatic rings. The van der Waals surface area contributed by atoms with Crippen LogP contribution in [0.4, 0.5) is 4.79 Å². The Morgan fingerprint density at radius 2 is 1.92 bits per heavy atom. The molecule has 0 bridgehead atoms. The van der Waals surface area contributed by atoms with E-state index in [0.717, 1.165) is 29.7 Å². The van der Waals surface area contributed by atoms with Crippen molar-refractivity contribution < 1.29 is 23.8 Å². The predicted octanol–water partition coefficient (Wildman–Crippen LogP) is 3.78. The molecule has 1 atom stereocenters. The number of hydrogen-bond donors (Lipinski definition) is 1. The number of aryl methyl sites for hydroxylation is 1. The number of methoxy groups -OCH3 is 1. The zero-order chi connectivity index (χ0) is 19.7. The SMILES string of the molecule is CCCCOc1cc(C[C@H](NC(=O)OC(C)(C)C)C(=O)OC)ccc1C. The average molecular weight is 365 g/mol. The lowest BCUT2D eigenvalue weighted by atomic mass is 10.0. The number of amides is 1. The molecule has 0 unspecified atom stereocenters. The Morgan fingerprint density at radius 3 is 2.50 bits per heavy atom. The van der Waals surface area contributed by atoms with Crippen LogP contribution in [0.2, 0.25) is 0 Å². The molecule has 0 saturated heterocycles. The monoisotopic (exact) mass is 365 g/mol. The van der Waals surface area contributed by atoms with Crippen LogP contribution in [0, 0.1) is 6.92 Å². The second kappa shape index (κ2) is 10.0. The molecule has 0 spiro atoms. The number of rotatable bonds is 8. The standard InChI is InChI=1S/C20H31NO5/c1-7-8-11-25-17-13-15(10-9-14(17)2)12-16(18(22)24-6)21-19(23)26-20(3,4)5/h9-10,13,16H,7-8,11-12H2,1-6H3,(H,21,23)/t16-/m0/s1. The third-order valence-electron chi connectivity index (χ3n) is 3.62. The van der Waals surface area contributed by atoms with Gasteiger partial charge in [-0.05, 0) is 51.3 Å². The first-order valence-electron chi connectivity index (χ1n) is 8.96. The largest absolute Gasteiger partial charge is 0.493 e. The van der Waals surface area contributed by atoms with Crippen LogP contribution in [0.15, 0.2) is 18.2 Å². The molecule has 1 N–H and O–H groups in total. The summed E-state index contributed by atoms with van der Waals surface area (Å²) in [5, 5.41) is 2.58. The quantitative estimate of drug-likeness (QED) is 0.560. The summed E-state index contributed by atoms with van der Waals surface area (Å²) in [6.07, 6.45) is 1.67. The van der Waals surface area contributed by atoms with Crippen molar-refractivity contribution >= 4 is 12.1 Å². The third-order valence-corrected chi connectivity index (χ3v) is 3.62. The summed E-state index contributed by atoms with van der Waals surface area (Å²) in [5.74, 6) is 0.265. The number of carbonyl (C=O) groups is 2. The molecular weight excluding hydrogens is 334 g/mol. The lowest BCUT2D eigenvalue weighted by Gasteiger charge is -2.22. The lowest BCUT2D eigenvalue weighted by molar-refractivity contribution is -0.143. The summed E-state index contributed by atoms with van der Waals surface area (Å²) in [5.41, 5.74) is 1.25. The van der Waals surface area contributed by atoms with E-state index in [1.54, 1.807) is 20.8 Å². The van der Waals surface area contributed by atoms with Crippen LogP contribution in [-0.2, 0) is 20.7 Å². The number of unbranched alkanes of at least 4 members (excludes halogenated alkanes) is 1. The van der Waals surface area contributed by atoms with Gasteiger partial charge in [0, 0.05) is 6.42 Å². The van der Waals surface area contributed by atoms with Gasteiger partial charge in [0.25, 0.3) is 0 Å². The maximum atomic E-state index is 12.1. The second-order valence-corrected chi connectivity index (χ2v) is 7.23. The second-order valence-electron chi connectivity index (χ2n) is 7.23. The Morgan fingerprint density at radius 1 is 1.23 bits per heavy atom. The Balaban J connectivity index is 2.86. The summed E-state index contributed by atoms with van der Waals surface area (Å²) in [4.78, 5) is 24.1. The Bertz CT molecular complexity index is 607. The van der Waals surface area contributed by atoms with Crippen LogP contribution in [-0.4, -0.2) is 37.4 Å². The van der Waals surface area contributed by atoms with E-state index in [9.17, 15) is 9.59 Å². The van der Waals surface area contributed by atoms with Crippen molar-refractivity contribution in [3.05, 3.63) is 29.3 Å². The van der Waals surface area contributed by atoms with Crippen LogP contribution >= 0.6 is 0 Å². The van der Waals surface area contributed by atoms with Gasteiger partial charge in [0.15, 0.2) is 0 Å². The van der Waals surface area contributed by atoms with E-state index in [1.807, 2.05) is 25.1 Å². The van der Waals surface area contributed by atoms with E-state index in [2.05, 4.69) is 12.2 Å². The molecular formula is C20H31NO5. The molecule has 0 aliphatic rings. The molecule has 6 heteroatoms. The van der Waals surface area contributed by atoms with Gasteiger partial charge < -0.3 is 19.5 Å². The molecule has 146 valence electrons. The minimum Gasteiger partial charge on any atom is -0.493 e. The van der Waals surface area contributed by atoms with Crippen LogP contribution in [0.25, 0.3) is 0 Å². The van der Waals surface area contributed by atoms with Gasteiger partial charge in [-0.2, -0.15) is 0 Å². The van der Waals surface area contributed by atoms with Crippen molar-refractivity contribution in [2.75, 3.05) is 13.7 Å². The Hall–Kier alpha value is -2.24. The van der Waals surface area contributed by atoms with Gasteiger partial charge in [-0.1, -0.05) is 25.5 Å². The van der Waals surface area contributed by atoms with Crippen molar-refractivity contribution in [1.82, 2.24) is 5.32 Å². The Labute approximate surface area is 156 Å². The highest BCUT2D eigenvalue weighted by Gasteiger charge is 2.25. The maximum Gasteiger partial charge on any atom is 0.408 e. The van der Waals surface area contributed by atoms with Crippen molar-refractivity contribution in [2.24, 2.45) is 0 Å². The molecule has 0 saturated carbocycles. The summed E-state index contributed by atoms with van der Waals surface area (Å²) in [6, 6.07) is 4.92. The van der Waals surface area contributed by atoms with Gasteiger partial charge >= 0.3 is 12.1 Å². The molecule has 26 heavy (non-hydrogen) atoms. The molecule has 1 amide bonds. The highest BCUT2D eigenvalue weighted by Crippen LogP contribution is 2.21. The first kappa shape index (κ1) is 21.8. The summed E-state index contributed by atoms with van der Waals surface area (Å²) in [6.45, 7) is 10.0. The number of ether oxygens (including phenoxy) is 3. The van der Waals surface area contributed by atoms with Gasteiger partial charge in [0.1, 0.15) is 17.4 Å². The highest BCUT2D eigenvalue weighted by atomic mass is 16.6. The van der Waals surface area contributed by atoms with Crippen LogP contribution in [0.3, 0.4) is 0 Å². The third kappa shape index (κ3) is 7.76. The lowest BCUT2D eigenvalue weighted by Crippen LogP contribution is -2.45. The molecule has 6 nitrogen and oxygen atoms in total. The van der Waals surface area contributed by atoms with Crippen LogP contribution < -0.4 is 10.1 Å². The minimum absolute atomic E-state index is 0.288. The zero-order valence-corrected chi connectivity index (χ0v) is 16.7. The average Bonchev–Trinajstić information content (AvgIpc) is 2.54. The molecule has 0 fully saturated rings. The number of hydrogen-bond acceptors (Lipinski definition) is 5. The maximum absolute atomic E-state index is 12.1. The number of alkyl carbamates (subject to hydrolysis) is 1. The van der Waals surface area contributed by atoms with Gasteiger partial charge in [0.05, 0.1) is 13.7 Å². The smallest absolute Gasteiger partial charge is 0.408 e. The zero-order valence-electron chi connectivity index (χ0n) is 16.7. The molecule has 0 aliphatic carbocycles. The molecule has 0 aliphatic heterocycles. The van der Waals surface area contributed by atoms with Gasteiger partial charge in [-0.3, -0.25) is 0 Å². The minimum atomic E-state index is -0.832. The van der Waals surface area contributed by atoms with E-state index in [1.165, 1.54) is 7.11 Å². The topological polar surface area (TPSA) is 73.9 Å². The van der Waals surface area contributed by atoms with Gasteiger partial charge in [-0.15, -0.1) is 0 Å². The normalized spacial score (nSPS) is 12.2. The first-order valence-corrected chi connectivity index (χ1v) is 8.96. The molecule has 0 radical (unpaired) electrons. The fourth-order valence-corrected chi connectivity index (χ4v) is 2.27. The summed E-state index contributed by atoms with van der Waals surface area (Å²) >= 11 is 0. The summed E-state index contributed by atoms with van der Waals surface area (Å²) < 4.78 is 15.8. The Kier molecular flexibility index (Phi) is 8.42. The van der Waals surface area contributed by atoms with Crippen LogP contribution in [0.1, 0.15) is 51.7 Å². The van der Waals surface area contributed by atoms with Crippen molar-refractivity contribution in [3.8, 4) is 5.75 Å². The summed E-state index contributed by atoms with van der Waals surface area (Å²) in [7, 11) is 1.29. The molecule has 1 aromatic carbocycles. The van der Waals surface area contributed by atoms with E-state index in [4.69, 9.17) is 14.2 Å². The van der Waals surface area contributed by atoms with Crippen molar-refractivity contribution in [3.63, 3.8) is 0 Å². The number of benzene rings is 1. The van der Waals surface area contributed by atoms with E-state index < -0.39 is 23.7 Å². The molecule has 1 rings (SSSR count). The van der Waals surface area contributed by atoms with Crippen molar-refractivity contribution in [1.29, 1.82) is 0 Å². The van der Waals surface area contributed by atoms with Gasteiger partial charge in [0.2, 0.25) is 0 Å². The molecule has 0 aromatic heterocycles. The van der Waals surface area contributed by atoms with Crippen LogP contribution in [0.5, 0.6) is 5.75 Å². The fraction of sp³-hybridized carbons (Fsp3) is 0.600. The van der Waals surface area contributed by atoms with E-state index >= 15 is 0 Å². The van der Waals surface area contributed by atoms with Gasteiger partial charge in [-0.25, -0.2) is 9.59 Å².